The number of amides is 1. The third-order valence-electron chi connectivity index (χ3n) is 4.83. The number of para-hydroxylation sites is 1. The minimum absolute atomic E-state index is 0.127. The first kappa shape index (κ1) is 19.6. The Morgan fingerprint density at radius 1 is 1.03 bits per heavy atom. The Bertz CT molecular complexity index is 986. The zero-order chi connectivity index (χ0) is 20.2. The number of rotatable bonds is 5. The fourth-order valence-corrected chi connectivity index (χ4v) is 4.94. The number of thioether (sulfide) groups is 1. The molecule has 0 saturated carbocycles. The molecule has 3 aromatic rings. The SMILES string of the molecule is O=C(CSc1nc(-c2ccc(O)c(O)c2)cs1)N1CCN(c2ccccc2)CC1. The molecule has 8 heteroatoms. The number of carbonyl (C=O) groups is 1. The summed E-state index contributed by atoms with van der Waals surface area (Å²) in [6.07, 6.45) is 0. The molecule has 1 aromatic heterocycles. The minimum Gasteiger partial charge on any atom is -0.504 e. The van der Waals surface area contributed by atoms with Crippen molar-refractivity contribution in [2.75, 3.05) is 36.8 Å². The van der Waals surface area contributed by atoms with Crippen molar-refractivity contribution in [3.63, 3.8) is 0 Å². The number of piperazine rings is 1. The number of hydrogen-bond donors (Lipinski definition) is 2. The van der Waals surface area contributed by atoms with Gasteiger partial charge in [-0.25, -0.2) is 4.98 Å². The standard InChI is InChI=1S/C21H21N3O3S2/c25-18-7-6-15(12-19(18)26)17-13-28-21(22-17)29-14-20(27)24-10-8-23(9-11-24)16-4-2-1-3-5-16/h1-7,12-13,25-26H,8-11,14H2. The van der Waals surface area contributed by atoms with Crippen molar-refractivity contribution in [2.24, 2.45) is 0 Å². The van der Waals surface area contributed by atoms with Crippen LogP contribution in [0.5, 0.6) is 11.5 Å². The molecular formula is C21H21N3O3S2. The van der Waals surface area contributed by atoms with Gasteiger partial charge in [-0.15, -0.1) is 11.3 Å². The van der Waals surface area contributed by atoms with E-state index in [9.17, 15) is 15.0 Å². The predicted octanol–water partition coefficient (Wildman–Crippen LogP) is 3.66. The van der Waals surface area contributed by atoms with Gasteiger partial charge < -0.3 is 20.0 Å². The molecule has 1 fully saturated rings. The van der Waals surface area contributed by atoms with E-state index in [1.54, 1.807) is 6.07 Å². The number of aromatic hydroxyl groups is 2. The first-order valence-corrected chi connectivity index (χ1v) is 11.1. The molecule has 0 atom stereocenters. The number of aromatic nitrogens is 1. The van der Waals surface area contributed by atoms with Crippen LogP contribution in [0.1, 0.15) is 0 Å². The Morgan fingerprint density at radius 2 is 1.79 bits per heavy atom. The quantitative estimate of drug-likeness (QED) is 0.478. The highest BCUT2D eigenvalue weighted by molar-refractivity contribution is 8.01. The number of carbonyl (C=O) groups excluding carboxylic acids is 1. The third kappa shape index (κ3) is 4.65. The summed E-state index contributed by atoms with van der Waals surface area (Å²) in [6, 6.07) is 14.9. The summed E-state index contributed by atoms with van der Waals surface area (Å²) in [5.41, 5.74) is 2.65. The lowest BCUT2D eigenvalue weighted by Gasteiger charge is -2.36. The van der Waals surface area contributed by atoms with Crippen LogP contribution in [0.2, 0.25) is 0 Å². The lowest BCUT2D eigenvalue weighted by molar-refractivity contribution is -0.128. The molecule has 1 amide bonds. The molecule has 29 heavy (non-hydrogen) atoms. The van der Waals surface area contributed by atoms with Crippen LogP contribution in [0.15, 0.2) is 58.3 Å². The van der Waals surface area contributed by atoms with E-state index in [4.69, 9.17) is 0 Å². The molecule has 0 unspecified atom stereocenters. The minimum atomic E-state index is -0.172. The Kier molecular flexibility index (Phi) is 5.92. The van der Waals surface area contributed by atoms with E-state index in [-0.39, 0.29) is 17.4 Å². The van der Waals surface area contributed by atoms with Gasteiger partial charge in [-0.1, -0.05) is 30.0 Å². The van der Waals surface area contributed by atoms with E-state index >= 15 is 0 Å². The third-order valence-corrected chi connectivity index (χ3v) is 6.83. The van der Waals surface area contributed by atoms with Gasteiger partial charge in [0.1, 0.15) is 0 Å². The summed E-state index contributed by atoms with van der Waals surface area (Å²) in [4.78, 5) is 21.3. The first-order valence-electron chi connectivity index (χ1n) is 9.28. The lowest BCUT2D eigenvalue weighted by atomic mass is 10.1. The van der Waals surface area contributed by atoms with Crippen molar-refractivity contribution >= 4 is 34.7 Å². The van der Waals surface area contributed by atoms with Gasteiger partial charge in [-0.05, 0) is 30.3 Å². The number of thiazole rings is 1. The van der Waals surface area contributed by atoms with Crippen LogP contribution >= 0.6 is 23.1 Å². The maximum absolute atomic E-state index is 12.6. The Morgan fingerprint density at radius 3 is 2.52 bits per heavy atom. The highest BCUT2D eigenvalue weighted by Crippen LogP contribution is 2.33. The second-order valence-corrected chi connectivity index (χ2v) is 8.77. The van der Waals surface area contributed by atoms with E-state index in [1.807, 2.05) is 28.5 Å². The summed E-state index contributed by atoms with van der Waals surface area (Å²) in [7, 11) is 0. The zero-order valence-electron chi connectivity index (χ0n) is 15.7. The Labute approximate surface area is 177 Å². The summed E-state index contributed by atoms with van der Waals surface area (Å²) in [5.74, 6) is 0.159. The fourth-order valence-electron chi connectivity index (χ4n) is 3.21. The molecule has 1 saturated heterocycles. The lowest BCUT2D eigenvalue weighted by Crippen LogP contribution is -2.49. The van der Waals surface area contributed by atoms with E-state index in [0.717, 1.165) is 41.8 Å². The molecule has 0 aliphatic carbocycles. The maximum Gasteiger partial charge on any atom is 0.233 e. The highest BCUT2D eigenvalue weighted by atomic mass is 32.2. The number of hydrogen-bond acceptors (Lipinski definition) is 7. The summed E-state index contributed by atoms with van der Waals surface area (Å²) in [5, 5.41) is 21.0. The summed E-state index contributed by atoms with van der Waals surface area (Å²) < 4.78 is 0.809. The van der Waals surface area contributed by atoms with Gasteiger partial charge in [-0.2, -0.15) is 0 Å². The van der Waals surface area contributed by atoms with E-state index in [0.29, 0.717) is 5.75 Å². The van der Waals surface area contributed by atoms with Crippen molar-refractivity contribution in [3.8, 4) is 22.8 Å². The number of anilines is 1. The van der Waals surface area contributed by atoms with Crippen LogP contribution in [0.25, 0.3) is 11.3 Å². The largest absolute Gasteiger partial charge is 0.504 e. The second-order valence-electron chi connectivity index (χ2n) is 6.69. The second kappa shape index (κ2) is 8.75. The van der Waals surface area contributed by atoms with Gasteiger partial charge in [0.15, 0.2) is 15.8 Å². The number of nitrogens with zero attached hydrogens (tertiary/aromatic N) is 3. The molecule has 1 aliphatic heterocycles. The molecule has 2 N–H and O–H groups in total. The average molecular weight is 428 g/mol. The van der Waals surface area contributed by atoms with Gasteiger partial charge in [0.25, 0.3) is 0 Å². The molecule has 150 valence electrons. The molecule has 0 spiro atoms. The van der Waals surface area contributed by atoms with E-state index in [1.165, 1.54) is 40.9 Å². The molecule has 0 bridgehead atoms. The molecule has 0 radical (unpaired) electrons. The van der Waals surface area contributed by atoms with Crippen LogP contribution in [-0.2, 0) is 4.79 Å². The normalized spacial score (nSPS) is 14.2. The number of phenolic OH excluding ortho intramolecular Hbond substituents is 2. The molecule has 4 rings (SSSR count). The van der Waals surface area contributed by atoms with Crippen molar-refractivity contribution in [1.29, 1.82) is 0 Å². The van der Waals surface area contributed by atoms with Gasteiger partial charge in [-0.3, -0.25) is 4.79 Å². The monoisotopic (exact) mass is 427 g/mol. The summed E-state index contributed by atoms with van der Waals surface area (Å²) >= 11 is 2.90. The average Bonchev–Trinajstić information content (AvgIpc) is 3.24. The summed E-state index contributed by atoms with van der Waals surface area (Å²) in [6.45, 7) is 3.13. The molecule has 1 aliphatic rings. The molecule has 2 aromatic carbocycles. The number of benzene rings is 2. The van der Waals surface area contributed by atoms with E-state index < -0.39 is 0 Å². The van der Waals surface area contributed by atoms with Crippen molar-refractivity contribution in [2.45, 2.75) is 4.34 Å². The van der Waals surface area contributed by atoms with Crippen LogP contribution in [0.3, 0.4) is 0 Å². The van der Waals surface area contributed by atoms with Crippen molar-refractivity contribution in [1.82, 2.24) is 9.88 Å². The van der Waals surface area contributed by atoms with E-state index in [2.05, 4.69) is 22.0 Å². The van der Waals surface area contributed by atoms with Gasteiger partial charge in [0, 0.05) is 42.8 Å². The first-order chi connectivity index (χ1) is 14.1. The van der Waals surface area contributed by atoms with Gasteiger partial charge >= 0.3 is 0 Å². The van der Waals surface area contributed by atoms with Crippen LogP contribution < -0.4 is 4.90 Å². The Balaban J connectivity index is 1.29. The van der Waals surface area contributed by atoms with Crippen LogP contribution in [0, 0.1) is 0 Å². The maximum atomic E-state index is 12.6. The highest BCUT2D eigenvalue weighted by Gasteiger charge is 2.21. The van der Waals surface area contributed by atoms with Crippen LogP contribution in [0.4, 0.5) is 5.69 Å². The molecule has 6 nitrogen and oxygen atoms in total. The van der Waals surface area contributed by atoms with Crippen LogP contribution in [-0.4, -0.2) is 57.9 Å². The fraction of sp³-hybridized carbons (Fsp3) is 0.238. The smallest absolute Gasteiger partial charge is 0.233 e. The topological polar surface area (TPSA) is 76.9 Å². The van der Waals surface area contributed by atoms with Gasteiger partial charge in [0.2, 0.25) is 5.91 Å². The Hall–Kier alpha value is -2.71. The van der Waals surface area contributed by atoms with Gasteiger partial charge in [0.05, 0.1) is 11.4 Å². The number of phenols is 2. The van der Waals surface area contributed by atoms with Crippen molar-refractivity contribution < 1.29 is 15.0 Å². The molecule has 2 heterocycles. The molecular weight excluding hydrogens is 406 g/mol. The zero-order valence-corrected chi connectivity index (χ0v) is 17.3. The predicted molar refractivity (Wildman–Crippen MR) is 117 cm³/mol. The van der Waals surface area contributed by atoms with Crippen molar-refractivity contribution in [3.05, 3.63) is 53.9 Å².